The molecule has 5 nitrogen and oxygen atoms in total. The van der Waals surface area contributed by atoms with E-state index < -0.39 is 0 Å². The largest absolute Gasteiger partial charge is 0.467 e. The van der Waals surface area contributed by atoms with Gasteiger partial charge in [0.2, 0.25) is 0 Å². The summed E-state index contributed by atoms with van der Waals surface area (Å²) < 4.78 is 5.22. The van der Waals surface area contributed by atoms with Crippen LogP contribution >= 0.6 is 24.4 Å². The molecule has 0 atom stereocenters. The minimum absolute atomic E-state index is 0.475. The lowest BCUT2D eigenvalue weighted by Crippen LogP contribution is -2.50. The molecule has 0 aliphatic heterocycles. The van der Waals surface area contributed by atoms with Gasteiger partial charge in [-0.05, 0) is 42.1 Å². The van der Waals surface area contributed by atoms with E-state index in [0.29, 0.717) is 23.3 Å². The van der Waals surface area contributed by atoms with Gasteiger partial charge in [0, 0.05) is 13.6 Å². The van der Waals surface area contributed by atoms with E-state index in [4.69, 9.17) is 28.9 Å². The van der Waals surface area contributed by atoms with E-state index in [9.17, 15) is 0 Å². The van der Waals surface area contributed by atoms with Crippen molar-refractivity contribution in [2.75, 3.05) is 7.05 Å². The van der Waals surface area contributed by atoms with Gasteiger partial charge in [-0.25, -0.2) is 0 Å². The van der Waals surface area contributed by atoms with E-state index in [-0.39, 0.29) is 0 Å². The average molecular weight is 334 g/mol. The Kier molecular flexibility index (Phi) is 6.17. The highest BCUT2D eigenvalue weighted by Gasteiger charge is 2.06. The Bertz CT molecular complexity index is 601. The fourth-order valence-electron chi connectivity index (χ4n) is 1.72. The fourth-order valence-corrected chi connectivity index (χ4v) is 2.04. The Morgan fingerprint density at radius 2 is 1.82 bits per heavy atom. The van der Waals surface area contributed by atoms with Crippen LogP contribution in [0.3, 0.4) is 0 Å². The summed E-state index contributed by atoms with van der Waals surface area (Å²) in [4.78, 5) is 0. The molecule has 7 heteroatoms. The van der Waals surface area contributed by atoms with Gasteiger partial charge < -0.3 is 15.1 Å². The van der Waals surface area contributed by atoms with Crippen LogP contribution in [0, 0.1) is 0 Å². The molecule has 2 rings (SSSR count). The van der Waals surface area contributed by atoms with Gasteiger partial charge in [-0.2, -0.15) is 0 Å². The van der Waals surface area contributed by atoms with E-state index in [0.717, 1.165) is 11.3 Å². The first-order valence-electron chi connectivity index (χ1n) is 6.77. The van der Waals surface area contributed by atoms with Crippen molar-refractivity contribution in [2.45, 2.75) is 13.1 Å². The van der Waals surface area contributed by atoms with E-state index >= 15 is 0 Å². The quantitative estimate of drug-likeness (QED) is 0.585. The minimum Gasteiger partial charge on any atom is -0.467 e. The third kappa shape index (κ3) is 5.34. The van der Waals surface area contributed by atoms with Crippen LogP contribution in [0.15, 0.2) is 53.1 Å². The summed E-state index contributed by atoms with van der Waals surface area (Å²) in [5.74, 6) is 0.816. The van der Waals surface area contributed by atoms with E-state index in [1.165, 1.54) is 0 Å². The summed E-state index contributed by atoms with van der Waals surface area (Å²) in [5, 5.41) is 8.90. The standard InChI is InChI=1S/C15H18N4OS2/c1-19(15(22)17-10-12-6-3-2-4-7-12)18-14(21)16-11-13-8-5-9-20-13/h2-9H,10-11H2,1H3,(H,17,22)(H2,16,18,21). The van der Waals surface area contributed by atoms with Crippen molar-refractivity contribution in [1.82, 2.24) is 21.1 Å². The normalized spacial score (nSPS) is 9.86. The molecule has 0 unspecified atom stereocenters. The van der Waals surface area contributed by atoms with E-state index in [1.807, 2.05) is 42.5 Å². The Balaban J connectivity index is 1.70. The molecule has 0 saturated heterocycles. The Morgan fingerprint density at radius 1 is 1.05 bits per heavy atom. The molecule has 0 saturated carbocycles. The Morgan fingerprint density at radius 3 is 2.50 bits per heavy atom. The molecule has 0 aliphatic rings. The molecule has 0 amide bonds. The van der Waals surface area contributed by atoms with Crippen LogP contribution in [-0.2, 0) is 13.1 Å². The van der Waals surface area contributed by atoms with Crippen LogP contribution in [0.5, 0.6) is 0 Å². The van der Waals surface area contributed by atoms with Crippen molar-refractivity contribution in [2.24, 2.45) is 0 Å². The summed E-state index contributed by atoms with van der Waals surface area (Å²) in [6, 6.07) is 13.8. The average Bonchev–Trinajstić information content (AvgIpc) is 3.05. The molecule has 1 aromatic heterocycles. The molecule has 0 bridgehead atoms. The van der Waals surface area contributed by atoms with Crippen molar-refractivity contribution in [3.05, 3.63) is 60.1 Å². The number of hydrogen-bond donors (Lipinski definition) is 3. The molecule has 0 aliphatic carbocycles. The second-order valence-corrected chi connectivity index (χ2v) is 5.37. The number of hydrazine groups is 1. The first-order chi connectivity index (χ1) is 10.6. The zero-order chi connectivity index (χ0) is 15.8. The maximum Gasteiger partial charge on any atom is 0.187 e. The second kappa shape index (κ2) is 8.35. The van der Waals surface area contributed by atoms with Gasteiger partial charge in [0.05, 0.1) is 12.8 Å². The summed E-state index contributed by atoms with van der Waals surface area (Å²) in [7, 11) is 1.81. The van der Waals surface area contributed by atoms with Gasteiger partial charge in [0.15, 0.2) is 10.2 Å². The summed E-state index contributed by atoms with van der Waals surface area (Å²) >= 11 is 10.5. The summed E-state index contributed by atoms with van der Waals surface area (Å²) in [5.41, 5.74) is 4.15. The third-order valence-electron chi connectivity index (χ3n) is 2.86. The number of hydrogen-bond acceptors (Lipinski definition) is 3. The van der Waals surface area contributed by atoms with Crippen LogP contribution in [0.4, 0.5) is 0 Å². The maximum absolute atomic E-state index is 5.30. The van der Waals surface area contributed by atoms with Crippen LogP contribution < -0.4 is 16.1 Å². The van der Waals surface area contributed by atoms with Crippen molar-refractivity contribution >= 4 is 34.7 Å². The Hall–Kier alpha value is -2.12. The SMILES string of the molecule is CN(NC(=S)NCc1ccco1)C(=S)NCc1ccccc1. The van der Waals surface area contributed by atoms with Gasteiger partial charge in [0.1, 0.15) is 5.76 Å². The number of benzene rings is 1. The number of furan rings is 1. The second-order valence-electron chi connectivity index (χ2n) is 4.58. The van der Waals surface area contributed by atoms with Crippen LogP contribution in [0.25, 0.3) is 0 Å². The molecule has 0 radical (unpaired) electrons. The van der Waals surface area contributed by atoms with Gasteiger partial charge >= 0.3 is 0 Å². The summed E-state index contributed by atoms with van der Waals surface area (Å²) in [6.45, 7) is 1.19. The molecule has 1 aromatic carbocycles. The topological polar surface area (TPSA) is 52.5 Å². The number of nitrogens with one attached hydrogen (secondary N) is 3. The lowest BCUT2D eigenvalue weighted by Gasteiger charge is -2.23. The monoisotopic (exact) mass is 334 g/mol. The predicted molar refractivity (Wildman–Crippen MR) is 94.9 cm³/mol. The smallest absolute Gasteiger partial charge is 0.187 e. The molecule has 1 heterocycles. The van der Waals surface area contributed by atoms with E-state index in [2.05, 4.69) is 16.1 Å². The lowest BCUT2D eigenvalue weighted by atomic mass is 10.2. The van der Waals surface area contributed by atoms with Crippen molar-refractivity contribution in [1.29, 1.82) is 0 Å². The number of nitrogens with zero attached hydrogens (tertiary/aromatic N) is 1. The molecular formula is C15H18N4OS2. The van der Waals surface area contributed by atoms with Gasteiger partial charge in [-0.15, -0.1) is 0 Å². The molecule has 22 heavy (non-hydrogen) atoms. The minimum atomic E-state index is 0.475. The van der Waals surface area contributed by atoms with Crippen molar-refractivity contribution in [3.63, 3.8) is 0 Å². The van der Waals surface area contributed by atoms with E-state index in [1.54, 1.807) is 18.3 Å². The first-order valence-corrected chi connectivity index (χ1v) is 7.59. The molecule has 0 fully saturated rings. The highest BCUT2D eigenvalue weighted by Crippen LogP contribution is 1.99. The highest BCUT2D eigenvalue weighted by atomic mass is 32.1. The molecule has 0 spiro atoms. The van der Waals surface area contributed by atoms with Crippen LogP contribution in [-0.4, -0.2) is 22.3 Å². The van der Waals surface area contributed by atoms with Crippen molar-refractivity contribution < 1.29 is 4.42 Å². The molecule has 116 valence electrons. The molecule has 2 aromatic rings. The zero-order valence-electron chi connectivity index (χ0n) is 12.2. The van der Waals surface area contributed by atoms with Crippen LogP contribution in [0.2, 0.25) is 0 Å². The maximum atomic E-state index is 5.30. The fraction of sp³-hybridized carbons (Fsp3) is 0.200. The molecule has 3 N–H and O–H groups in total. The number of thiocarbonyl (C=S) groups is 2. The molecular weight excluding hydrogens is 316 g/mol. The predicted octanol–water partition coefficient (Wildman–Crippen LogP) is 2.17. The van der Waals surface area contributed by atoms with Crippen LogP contribution in [0.1, 0.15) is 11.3 Å². The third-order valence-corrected chi connectivity index (χ3v) is 3.52. The highest BCUT2D eigenvalue weighted by molar-refractivity contribution is 7.80. The zero-order valence-corrected chi connectivity index (χ0v) is 13.8. The summed E-state index contributed by atoms with van der Waals surface area (Å²) in [6.07, 6.45) is 1.63. The van der Waals surface area contributed by atoms with Gasteiger partial charge in [0.25, 0.3) is 0 Å². The first kappa shape index (κ1) is 16.3. The van der Waals surface area contributed by atoms with Gasteiger partial charge in [-0.1, -0.05) is 30.3 Å². The van der Waals surface area contributed by atoms with Crippen molar-refractivity contribution in [3.8, 4) is 0 Å². The Labute approximate surface area is 140 Å². The number of rotatable bonds is 4. The van der Waals surface area contributed by atoms with Gasteiger partial charge in [-0.3, -0.25) is 10.4 Å². The lowest BCUT2D eigenvalue weighted by molar-refractivity contribution is 0.438.